The Balaban J connectivity index is 1.98. The van der Waals surface area contributed by atoms with Crippen molar-refractivity contribution in [1.82, 2.24) is 0 Å². The van der Waals surface area contributed by atoms with Gasteiger partial charge in [0, 0.05) is 27.6 Å². The Morgan fingerprint density at radius 2 is 1.61 bits per heavy atom. The molecule has 0 radical (unpaired) electrons. The molecule has 0 unspecified atom stereocenters. The van der Waals surface area contributed by atoms with Gasteiger partial charge in [-0.3, -0.25) is 0 Å². The van der Waals surface area contributed by atoms with Gasteiger partial charge in [0.15, 0.2) is 5.79 Å². The fraction of sp³-hybridized carbons (Fsp3) is 0.680. The molecule has 3 atom stereocenters. The minimum atomic E-state index is -2.80. The number of allylic oxidation sites excluding steroid dienone is 2. The minimum absolute atomic E-state index is 0.135. The lowest BCUT2D eigenvalue weighted by molar-refractivity contribution is -0.0365. The third-order valence-electron chi connectivity index (χ3n) is 7.00. The zero-order valence-electron chi connectivity index (χ0n) is 20.5. The predicted octanol–water partition coefficient (Wildman–Crippen LogP) is 6.21. The number of hydrogen-bond acceptors (Lipinski definition) is 5. The normalized spacial score (nSPS) is 31.6. The number of benzene rings is 1. The van der Waals surface area contributed by atoms with Gasteiger partial charge >= 0.3 is 8.56 Å². The zero-order valence-corrected chi connectivity index (χ0v) is 21.5. The summed E-state index contributed by atoms with van der Waals surface area (Å²) in [5, 5.41) is -0.287. The van der Waals surface area contributed by atoms with Crippen molar-refractivity contribution in [2.24, 2.45) is 0 Å². The fourth-order valence-electron chi connectivity index (χ4n) is 5.67. The summed E-state index contributed by atoms with van der Waals surface area (Å²) in [6, 6.07) is 3.98. The van der Waals surface area contributed by atoms with Crippen LogP contribution in [0.4, 0.5) is 0 Å². The van der Waals surface area contributed by atoms with Crippen LogP contribution in [0.5, 0.6) is 11.5 Å². The first-order valence-electron chi connectivity index (χ1n) is 11.3. The van der Waals surface area contributed by atoms with E-state index in [-0.39, 0.29) is 22.3 Å². The van der Waals surface area contributed by atoms with E-state index in [1.165, 1.54) is 5.57 Å². The van der Waals surface area contributed by atoms with Crippen molar-refractivity contribution in [3.8, 4) is 11.5 Å². The summed E-state index contributed by atoms with van der Waals surface area (Å²) in [5.74, 6) is 1.10. The molecule has 172 valence electrons. The summed E-state index contributed by atoms with van der Waals surface area (Å²) in [4.78, 5) is 0. The Hall–Kier alpha value is -1.34. The molecule has 1 aromatic carbocycles. The molecular weight excluding hydrogens is 408 g/mol. The van der Waals surface area contributed by atoms with Gasteiger partial charge in [-0.05, 0) is 31.9 Å². The van der Waals surface area contributed by atoms with Gasteiger partial charge in [-0.1, -0.05) is 53.2 Å². The van der Waals surface area contributed by atoms with Crippen LogP contribution in [0.25, 0.3) is 0 Å². The summed E-state index contributed by atoms with van der Waals surface area (Å²) in [5.41, 5.74) is 3.48. The van der Waals surface area contributed by atoms with Gasteiger partial charge in [-0.15, -0.1) is 0 Å². The monoisotopic (exact) mass is 446 g/mol. The third-order valence-corrected chi connectivity index (χ3v) is 12.2. The molecule has 1 aliphatic carbocycles. The summed E-state index contributed by atoms with van der Waals surface area (Å²) in [7, 11) is 0.656. The van der Waals surface area contributed by atoms with Crippen molar-refractivity contribution in [2.45, 2.75) is 95.8 Å². The molecule has 2 heterocycles. The average Bonchev–Trinajstić information content (AvgIpc) is 3.39. The second-order valence-electron chi connectivity index (χ2n) is 11.2. The molecule has 2 bridgehead atoms. The molecule has 0 saturated carbocycles. The van der Waals surface area contributed by atoms with Crippen LogP contribution in [0.2, 0.25) is 10.1 Å². The van der Waals surface area contributed by atoms with Crippen LogP contribution >= 0.6 is 0 Å². The molecule has 31 heavy (non-hydrogen) atoms. The van der Waals surface area contributed by atoms with E-state index in [0.29, 0.717) is 0 Å². The molecule has 2 saturated heterocycles. The van der Waals surface area contributed by atoms with Gasteiger partial charge in [0.25, 0.3) is 0 Å². The molecule has 2 aliphatic heterocycles. The third kappa shape index (κ3) is 3.47. The van der Waals surface area contributed by atoms with Crippen LogP contribution in [-0.4, -0.2) is 34.7 Å². The molecule has 2 fully saturated rings. The molecule has 0 spiro atoms. The van der Waals surface area contributed by atoms with E-state index in [1.807, 2.05) is 12.1 Å². The summed E-state index contributed by atoms with van der Waals surface area (Å²) in [6.45, 7) is 15.7. The first-order valence-corrected chi connectivity index (χ1v) is 13.2. The average molecular weight is 447 g/mol. The van der Waals surface area contributed by atoms with Crippen molar-refractivity contribution >= 4 is 8.56 Å². The molecule has 0 N–H and O–H groups in total. The van der Waals surface area contributed by atoms with Gasteiger partial charge in [-0.2, -0.15) is 0 Å². The molecule has 3 aliphatic rings. The van der Waals surface area contributed by atoms with Gasteiger partial charge in [0.1, 0.15) is 23.7 Å². The number of rotatable bonds is 2. The Labute approximate surface area is 188 Å². The van der Waals surface area contributed by atoms with Crippen molar-refractivity contribution < 1.29 is 23.1 Å². The van der Waals surface area contributed by atoms with Crippen LogP contribution in [-0.2, 0) is 20.0 Å². The summed E-state index contributed by atoms with van der Waals surface area (Å²) < 4.78 is 32.3. The minimum Gasteiger partial charge on any atom is -0.496 e. The largest absolute Gasteiger partial charge is 0.496 e. The van der Waals surface area contributed by atoms with Crippen molar-refractivity contribution in [3.05, 3.63) is 34.9 Å². The highest BCUT2D eigenvalue weighted by Gasteiger charge is 2.75. The van der Waals surface area contributed by atoms with Crippen molar-refractivity contribution in [3.63, 3.8) is 0 Å². The smallest absolute Gasteiger partial charge is 0.352 e. The van der Waals surface area contributed by atoms with E-state index in [9.17, 15) is 0 Å². The fourth-order valence-corrected chi connectivity index (χ4v) is 10.6. The first kappa shape index (κ1) is 22.8. The van der Waals surface area contributed by atoms with Crippen LogP contribution in [0.15, 0.2) is 23.8 Å². The predicted molar refractivity (Wildman–Crippen MR) is 124 cm³/mol. The second kappa shape index (κ2) is 7.34. The molecule has 0 amide bonds. The maximum absolute atomic E-state index is 7.19. The van der Waals surface area contributed by atoms with E-state index in [1.54, 1.807) is 14.2 Å². The van der Waals surface area contributed by atoms with Crippen molar-refractivity contribution in [2.75, 3.05) is 14.2 Å². The number of epoxide rings is 1. The summed E-state index contributed by atoms with van der Waals surface area (Å²) >= 11 is 0. The van der Waals surface area contributed by atoms with E-state index < -0.39 is 14.3 Å². The molecule has 4 rings (SSSR count). The standard InChI is InChI=1S/C25H38O5Si/c1-16-11-10-14-25-22(28-25)21(29-31(30-25,23(2,3)4)24(5,6)7)20-17(15-16)18(26-8)12-13-19(20)27-9/h11-13,21-22H,10,14-15H2,1-9H3/b16-11-/t21-,22-,25+/m1/s1. The van der Waals surface area contributed by atoms with E-state index >= 15 is 0 Å². The lowest BCUT2D eigenvalue weighted by Gasteiger charge is -2.53. The van der Waals surface area contributed by atoms with Gasteiger partial charge < -0.3 is 23.1 Å². The van der Waals surface area contributed by atoms with E-state index in [0.717, 1.165) is 41.9 Å². The Morgan fingerprint density at radius 1 is 1.00 bits per heavy atom. The number of fused-ring (bicyclic) bond motifs is 2. The number of ether oxygens (including phenoxy) is 3. The Kier molecular flexibility index (Phi) is 5.41. The Bertz CT molecular complexity index is 880. The van der Waals surface area contributed by atoms with Gasteiger partial charge in [0.05, 0.1) is 14.2 Å². The number of hydrogen-bond donors (Lipinski definition) is 0. The van der Waals surface area contributed by atoms with E-state index in [2.05, 4.69) is 54.5 Å². The quantitative estimate of drug-likeness (QED) is 0.307. The van der Waals surface area contributed by atoms with Gasteiger partial charge in [-0.25, -0.2) is 0 Å². The lowest BCUT2D eigenvalue weighted by Crippen LogP contribution is -2.63. The molecule has 1 aromatic rings. The highest BCUT2D eigenvalue weighted by atomic mass is 28.4. The first-order chi connectivity index (χ1) is 14.4. The molecule has 5 nitrogen and oxygen atoms in total. The van der Waals surface area contributed by atoms with Crippen LogP contribution in [0.3, 0.4) is 0 Å². The topological polar surface area (TPSA) is 49.5 Å². The summed E-state index contributed by atoms with van der Waals surface area (Å²) in [6.07, 6.45) is 4.50. The SMILES string of the molecule is COc1ccc(OC)c2c1C/C(C)=C\CC[C@@]13O[C@@H]1[C@@H]2O[Si](C(C)(C)C)(C(C)(C)C)O3. The highest BCUT2D eigenvalue weighted by molar-refractivity contribution is 6.73. The maximum Gasteiger partial charge on any atom is 0.352 e. The molecular formula is C25H38O5Si. The van der Waals surface area contributed by atoms with Crippen molar-refractivity contribution in [1.29, 1.82) is 0 Å². The van der Waals surface area contributed by atoms with Crippen LogP contribution < -0.4 is 9.47 Å². The second-order valence-corrected chi connectivity index (χ2v) is 15.9. The van der Waals surface area contributed by atoms with E-state index in [4.69, 9.17) is 23.1 Å². The van der Waals surface area contributed by atoms with Gasteiger partial charge in [0.2, 0.25) is 0 Å². The lowest BCUT2D eigenvalue weighted by atomic mass is 9.90. The zero-order chi connectivity index (χ0) is 22.8. The van der Waals surface area contributed by atoms with Crippen LogP contribution in [0.1, 0.15) is 78.5 Å². The highest BCUT2D eigenvalue weighted by Crippen LogP contribution is 2.66. The Morgan fingerprint density at radius 3 is 2.19 bits per heavy atom. The van der Waals surface area contributed by atoms with Crippen LogP contribution in [0, 0.1) is 0 Å². The maximum atomic E-state index is 7.19. The number of methoxy groups -OCH3 is 2. The molecule has 6 heteroatoms. The molecule has 0 aromatic heterocycles.